The number of unbranched alkanes of at least 4 members (excludes halogenated alkanes) is 48. The molecule has 0 bridgehead atoms. The zero-order valence-electron chi connectivity index (χ0n) is 53.2. The topological polar surface area (TPSA) is 111 Å². The van der Waals surface area contributed by atoms with E-state index < -0.39 is 20.0 Å². The van der Waals surface area contributed by atoms with Gasteiger partial charge in [0.05, 0.1) is 33.8 Å². The van der Waals surface area contributed by atoms with E-state index in [2.05, 4.69) is 32.2 Å². The summed E-state index contributed by atoms with van der Waals surface area (Å²) in [6, 6.07) is -0.840. The van der Waals surface area contributed by atoms with E-state index in [1.165, 1.54) is 270 Å². The molecule has 0 aromatic carbocycles. The predicted molar refractivity (Wildman–Crippen MR) is 337 cm³/mol. The lowest BCUT2D eigenvalue weighted by Gasteiger charge is -2.27. The number of nitrogens with one attached hydrogen (secondary N) is 1. The molecule has 10 heteroatoms. The summed E-state index contributed by atoms with van der Waals surface area (Å²) in [6.45, 7) is 7.09. The van der Waals surface area contributed by atoms with Crippen molar-refractivity contribution in [1.82, 2.24) is 5.32 Å². The fourth-order valence-electron chi connectivity index (χ4n) is 10.7. The largest absolute Gasteiger partial charge is 0.472 e. The van der Waals surface area contributed by atoms with Crippen LogP contribution in [0.5, 0.6) is 0 Å². The molecule has 0 radical (unpaired) electrons. The van der Waals surface area contributed by atoms with E-state index in [9.17, 15) is 19.0 Å². The fourth-order valence-corrected chi connectivity index (χ4v) is 11.4. The molecule has 0 rings (SSSR count). The average molecular weight is 1120 g/mol. The summed E-state index contributed by atoms with van der Waals surface area (Å²) in [5.41, 5.74) is 0. The van der Waals surface area contributed by atoms with Gasteiger partial charge in [-0.2, -0.15) is 0 Å². The van der Waals surface area contributed by atoms with Gasteiger partial charge in [-0.3, -0.25) is 18.6 Å². The maximum atomic E-state index is 13.6. The van der Waals surface area contributed by atoms with Gasteiger partial charge in [0.1, 0.15) is 19.3 Å². The molecule has 0 aliphatic rings. The number of amides is 1. The molecule has 0 saturated carbocycles. The highest BCUT2D eigenvalue weighted by molar-refractivity contribution is 7.47. The zero-order chi connectivity index (χ0) is 57.2. The second-order valence-corrected chi connectivity index (χ2v) is 26.5. The van der Waals surface area contributed by atoms with Crippen LogP contribution in [0.25, 0.3) is 0 Å². The Kier molecular flexibility index (Phi) is 58.0. The first-order valence-electron chi connectivity index (χ1n) is 34.5. The summed E-state index contributed by atoms with van der Waals surface area (Å²) in [7, 11) is 1.52. The number of phosphoric acid groups is 1. The molecule has 0 fully saturated rings. The number of phosphoric ester groups is 1. The van der Waals surface area contributed by atoms with Crippen LogP contribution in [0.4, 0.5) is 0 Å². The molecule has 0 aliphatic carbocycles. The zero-order valence-corrected chi connectivity index (χ0v) is 54.1. The summed E-state index contributed by atoms with van der Waals surface area (Å²) in [6.07, 6.45) is 69.3. The number of carbonyl (C=O) groups excluding carboxylic acids is 2. The van der Waals surface area contributed by atoms with Crippen LogP contribution in [0.1, 0.15) is 361 Å². The highest BCUT2D eigenvalue weighted by atomic mass is 31.2. The molecule has 0 heterocycles. The Bertz CT molecular complexity index is 1340. The number of esters is 1. The summed E-state index contributed by atoms with van der Waals surface area (Å²) < 4.78 is 30.8. The second-order valence-electron chi connectivity index (χ2n) is 25.1. The van der Waals surface area contributed by atoms with Crippen LogP contribution in [-0.4, -0.2) is 74.3 Å². The SMILES string of the molecule is CCCCCCCCCCCCC/C=C\C(OC(=O)CCCCCCCCCCCCCCCCCCCCCCCCC)C(COP(=O)(O)OCC[N+](C)(C)C)NC(=O)CCCCCCCCCCCCCCCCCC. The molecule has 0 aliphatic heterocycles. The van der Waals surface area contributed by atoms with Gasteiger partial charge >= 0.3 is 13.8 Å². The van der Waals surface area contributed by atoms with Crippen LogP contribution in [0.2, 0.25) is 0 Å². The van der Waals surface area contributed by atoms with Crippen LogP contribution < -0.4 is 5.32 Å². The third-order valence-corrected chi connectivity index (χ3v) is 17.0. The lowest BCUT2D eigenvalue weighted by atomic mass is 10.0. The van der Waals surface area contributed by atoms with Crippen LogP contribution in [0.15, 0.2) is 12.2 Å². The van der Waals surface area contributed by atoms with Crippen molar-refractivity contribution >= 4 is 19.7 Å². The van der Waals surface area contributed by atoms with E-state index in [1.54, 1.807) is 0 Å². The van der Waals surface area contributed by atoms with Crippen molar-refractivity contribution in [2.75, 3.05) is 40.9 Å². The molecular formula is C68H136N2O7P+. The Morgan fingerprint density at radius 1 is 0.436 bits per heavy atom. The van der Waals surface area contributed by atoms with Gasteiger partial charge in [-0.05, 0) is 31.8 Å². The molecule has 1 amide bonds. The Morgan fingerprint density at radius 2 is 0.731 bits per heavy atom. The molecule has 0 aromatic rings. The number of hydrogen-bond acceptors (Lipinski definition) is 6. The summed E-state index contributed by atoms with van der Waals surface area (Å²) in [5.74, 6) is -0.478. The highest BCUT2D eigenvalue weighted by Gasteiger charge is 2.30. The normalized spacial score (nSPS) is 13.6. The molecule has 2 N–H and O–H groups in total. The molecule has 9 nitrogen and oxygen atoms in total. The van der Waals surface area contributed by atoms with E-state index in [4.69, 9.17) is 13.8 Å². The number of allylic oxidation sites excluding steroid dienone is 1. The van der Waals surface area contributed by atoms with Gasteiger partial charge < -0.3 is 19.4 Å². The molecular weight excluding hydrogens is 988 g/mol. The summed E-state index contributed by atoms with van der Waals surface area (Å²) in [5, 5.41) is 3.08. The standard InChI is InChI=1S/C68H135N2O7P/c1-7-10-13-16-19-22-25-28-30-32-33-34-35-36-37-38-40-43-46-49-52-55-58-61-68(72)77-66(59-56-53-50-47-44-41-27-24-21-18-15-12-9-3)65(64-76-78(73,74)75-63-62-70(4,5)6)69-67(71)60-57-54-51-48-45-42-39-31-29-26-23-20-17-14-11-8-2/h56,59,65-66H,7-55,57-58,60-64H2,1-6H3,(H-,69,71,73,74)/p+1/b59-56-. The minimum atomic E-state index is -4.44. The monoisotopic (exact) mass is 1120 g/mol. The van der Waals surface area contributed by atoms with Crippen LogP contribution >= 0.6 is 7.82 Å². The van der Waals surface area contributed by atoms with Crippen molar-refractivity contribution in [2.45, 2.75) is 373 Å². The van der Waals surface area contributed by atoms with E-state index >= 15 is 0 Å². The third kappa shape index (κ3) is 59.4. The van der Waals surface area contributed by atoms with Crippen molar-refractivity contribution in [3.63, 3.8) is 0 Å². The average Bonchev–Trinajstić information content (AvgIpc) is 3.40. The van der Waals surface area contributed by atoms with Gasteiger partial charge in [0.15, 0.2) is 0 Å². The minimum absolute atomic E-state index is 0.0460. The van der Waals surface area contributed by atoms with Crippen molar-refractivity contribution < 1.29 is 37.3 Å². The number of carbonyl (C=O) groups is 2. The Labute approximate surface area is 486 Å². The first kappa shape index (κ1) is 76.8. The van der Waals surface area contributed by atoms with Crippen LogP contribution in [0, 0.1) is 0 Å². The number of quaternary nitrogens is 1. The smallest absolute Gasteiger partial charge is 0.456 e. The number of ether oxygens (including phenoxy) is 1. The molecule has 3 atom stereocenters. The Hall–Kier alpha value is -1.25. The van der Waals surface area contributed by atoms with Gasteiger partial charge in [0.2, 0.25) is 5.91 Å². The molecule has 78 heavy (non-hydrogen) atoms. The number of nitrogens with zero attached hydrogens (tertiary/aromatic N) is 1. The number of rotatable bonds is 64. The van der Waals surface area contributed by atoms with E-state index in [0.717, 1.165) is 57.8 Å². The number of likely N-dealkylation sites (N-methyl/N-ethyl adjacent to an activating group) is 1. The summed E-state index contributed by atoms with van der Waals surface area (Å²) >= 11 is 0. The Balaban J connectivity index is 5.08. The lowest BCUT2D eigenvalue weighted by Crippen LogP contribution is -2.47. The van der Waals surface area contributed by atoms with E-state index in [1.807, 2.05) is 27.2 Å². The summed E-state index contributed by atoms with van der Waals surface area (Å²) in [4.78, 5) is 37.8. The van der Waals surface area contributed by atoms with Crippen LogP contribution in [-0.2, 0) is 27.9 Å². The fraction of sp³-hybridized carbons (Fsp3) is 0.941. The van der Waals surface area contributed by atoms with E-state index in [0.29, 0.717) is 23.9 Å². The van der Waals surface area contributed by atoms with Crippen molar-refractivity contribution in [3.05, 3.63) is 12.2 Å². The molecule has 0 aromatic heterocycles. The Morgan fingerprint density at radius 3 is 1.05 bits per heavy atom. The van der Waals surface area contributed by atoms with Crippen molar-refractivity contribution in [1.29, 1.82) is 0 Å². The maximum absolute atomic E-state index is 13.6. The molecule has 3 unspecified atom stereocenters. The van der Waals surface area contributed by atoms with Crippen LogP contribution in [0.3, 0.4) is 0 Å². The maximum Gasteiger partial charge on any atom is 0.472 e. The van der Waals surface area contributed by atoms with Crippen molar-refractivity contribution in [3.8, 4) is 0 Å². The van der Waals surface area contributed by atoms with Crippen molar-refractivity contribution in [2.24, 2.45) is 0 Å². The quantitative estimate of drug-likeness (QED) is 0.0205. The molecule has 464 valence electrons. The molecule has 0 saturated heterocycles. The van der Waals surface area contributed by atoms with Gasteiger partial charge in [-0.15, -0.1) is 0 Å². The first-order chi connectivity index (χ1) is 37.9. The lowest BCUT2D eigenvalue weighted by molar-refractivity contribution is -0.870. The van der Waals surface area contributed by atoms with Gasteiger partial charge in [0, 0.05) is 12.8 Å². The second kappa shape index (κ2) is 58.9. The first-order valence-corrected chi connectivity index (χ1v) is 36.0. The molecule has 0 spiro atoms. The van der Waals surface area contributed by atoms with Gasteiger partial charge in [-0.25, -0.2) is 4.57 Å². The van der Waals surface area contributed by atoms with E-state index in [-0.39, 0.29) is 25.1 Å². The highest BCUT2D eigenvalue weighted by Crippen LogP contribution is 2.43. The third-order valence-electron chi connectivity index (χ3n) is 16.0. The minimum Gasteiger partial charge on any atom is -0.456 e. The van der Waals surface area contributed by atoms with Gasteiger partial charge in [0.25, 0.3) is 0 Å². The predicted octanol–water partition coefficient (Wildman–Crippen LogP) is 21.5. The van der Waals surface area contributed by atoms with Gasteiger partial charge in [-0.1, -0.05) is 329 Å². The number of hydrogen-bond donors (Lipinski definition) is 2.